The Balaban J connectivity index is 2.17. The van der Waals surface area contributed by atoms with E-state index in [-0.39, 0.29) is 5.75 Å². The number of hydrogen-bond donors (Lipinski definition) is 0. The van der Waals surface area contributed by atoms with Crippen LogP contribution < -0.4 is 0 Å². The van der Waals surface area contributed by atoms with Crippen LogP contribution in [0.5, 0.6) is 0 Å². The molecular formula is C13H15F3N4OS. The minimum atomic E-state index is -4.39. The zero-order valence-electron chi connectivity index (χ0n) is 11.9. The molecule has 0 bridgehead atoms. The summed E-state index contributed by atoms with van der Waals surface area (Å²) >= 11 is 0. The largest absolute Gasteiger partial charge is 0.416 e. The van der Waals surface area contributed by atoms with E-state index in [1.165, 1.54) is 16.8 Å². The maximum atomic E-state index is 12.5. The molecule has 1 aromatic carbocycles. The van der Waals surface area contributed by atoms with Crippen LogP contribution in [-0.2, 0) is 22.7 Å². The van der Waals surface area contributed by atoms with E-state index in [0.29, 0.717) is 17.3 Å². The van der Waals surface area contributed by atoms with Crippen molar-refractivity contribution in [1.29, 1.82) is 0 Å². The van der Waals surface area contributed by atoms with Crippen LogP contribution in [0.15, 0.2) is 24.3 Å². The van der Waals surface area contributed by atoms with E-state index in [1.807, 2.05) is 6.92 Å². The van der Waals surface area contributed by atoms with Gasteiger partial charge in [-0.05, 0) is 41.1 Å². The molecule has 2 rings (SSSR count). The third-order valence-electron chi connectivity index (χ3n) is 2.99. The predicted octanol–water partition coefficient (Wildman–Crippen LogP) is 2.73. The van der Waals surface area contributed by atoms with Crippen LogP contribution in [0, 0.1) is 0 Å². The quantitative estimate of drug-likeness (QED) is 0.816. The molecular weight excluding hydrogens is 317 g/mol. The van der Waals surface area contributed by atoms with Gasteiger partial charge in [0.2, 0.25) is 0 Å². The summed E-state index contributed by atoms with van der Waals surface area (Å²) in [6.07, 6.45) is -2.60. The van der Waals surface area contributed by atoms with E-state index < -0.39 is 22.5 Å². The molecule has 0 aliphatic rings. The molecule has 120 valence electrons. The normalized spacial score (nSPS) is 13.3. The molecule has 22 heavy (non-hydrogen) atoms. The molecule has 0 N–H and O–H groups in total. The second-order valence-corrected chi connectivity index (χ2v) is 6.27. The molecule has 2 aromatic rings. The molecule has 1 atom stereocenters. The fraction of sp³-hybridized carbons (Fsp3) is 0.462. The van der Waals surface area contributed by atoms with Gasteiger partial charge in [0.15, 0.2) is 5.82 Å². The number of rotatable bonds is 6. The van der Waals surface area contributed by atoms with Crippen molar-refractivity contribution in [3.63, 3.8) is 0 Å². The van der Waals surface area contributed by atoms with Crippen LogP contribution in [-0.4, -0.2) is 30.2 Å². The minimum Gasteiger partial charge on any atom is -0.259 e. The number of aromatic nitrogens is 4. The lowest BCUT2D eigenvalue weighted by Gasteiger charge is -2.08. The zero-order chi connectivity index (χ0) is 16.2. The zero-order valence-corrected chi connectivity index (χ0v) is 12.7. The predicted molar refractivity (Wildman–Crippen MR) is 75.8 cm³/mol. The van der Waals surface area contributed by atoms with Crippen molar-refractivity contribution in [2.24, 2.45) is 0 Å². The van der Waals surface area contributed by atoms with Gasteiger partial charge < -0.3 is 0 Å². The Morgan fingerprint density at radius 2 is 1.91 bits per heavy atom. The van der Waals surface area contributed by atoms with Gasteiger partial charge in [-0.1, -0.05) is 13.3 Å². The Labute approximate surface area is 128 Å². The topological polar surface area (TPSA) is 60.7 Å². The Kier molecular flexibility index (Phi) is 5.28. The van der Waals surface area contributed by atoms with Crippen LogP contribution >= 0.6 is 0 Å². The van der Waals surface area contributed by atoms with Crippen molar-refractivity contribution >= 4 is 10.8 Å². The number of nitrogens with zero attached hydrogens (tertiary/aromatic N) is 4. The third-order valence-corrected chi connectivity index (χ3v) is 4.31. The minimum absolute atomic E-state index is 0.175. The SMILES string of the molecule is CCCC[S@](=O)Cc1nnnn1-c1ccc(C(F)(F)F)cc1. The summed E-state index contributed by atoms with van der Waals surface area (Å²) in [6, 6.07) is 4.51. The van der Waals surface area contributed by atoms with Crippen molar-refractivity contribution in [2.45, 2.75) is 31.7 Å². The first-order chi connectivity index (χ1) is 10.4. The van der Waals surface area contributed by atoms with Gasteiger partial charge in [0.25, 0.3) is 0 Å². The molecule has 0 saturated carbocycles. The summed E-state index contributed by atoms with van der Waals surface area (Å²) in [5, 5.41) is 11.1. The highest BCUT2D eigenvalue weighted by Gasteiger charge is 2.30. The Hall–Kier alpha value is -1.77. The number of unbranched alkanes of at least 4 members (excludes halogenated alkanes) is 1. The van der Waals surface area contributed by atoms with Crippen molar-refractivity contribution in [3.05, 3.63) is 35.7 Å². The Morgan fingerprint density at radius 1 is 1.23 bits per heavy atom. The monoisotopic (exact) mass is 332 g/mol. The second-order valence-electron chi connectivity index (χ2n) is 4.69. The lowest BCUT2D eigenvalue weighted by molar-refractivity contribution is -0.137. The fourth-order valence-electron chi connectivity index (χ4n) is 1.81. The lowest BCUT2D eigenvalue weighted by atomic mass is 10.2. The summed E-state index contributed by atoms with van der Waals surface area (Å²) < 4.78 is 50.8. The standard InChI is InChI=1S/C13H15F3N4OS/c1-2-3-8-22(21)9-12-17-18-19-20(12)11-6-4-10(5-7-11)13(14,15)16/h4-7H,2-3,8-9H2,1H3/t22-/m0/s1. The highest BCUT2D eigenvalue weighted by atomic mass is 32.2. The molecule has 1 heterocycles. The molecule has 5 nitrogen and oxygen atoms in total. The van der Waals surface area contributed by atoms with Crippen LogP contribution in [0.1, 0.15) is 31.2 Å². The first kappa shape index (κ1) is 16.6. The number of benzene rings is 1. The number of alkyl halides is 3. The van der Waals surface area contributed by atoms with E-state index in [0.717, 1.165) is 25.0 Å². The molecule has 0 spiro atoms. The van der Waals surface area contributed by atoms with E-state index in [1.54, 1.807) is 0 Å². The van der Waals surface area contributed by atoms with Gasteiger partial charge in [0.1, 0.15) is 0 Å². The molecule has 0 saturated heterocycles. The van der Waals surface area contributed by atoms with Crippen LogP contribution in [0.2, 0.25) is 0 Å². The maximum Gasteiger partial charge on any atom is 0.416 e. The Morgan fingerprint density at radius 3 is 2.50 bits per heavy atom. The van der Waals surface area contributed by atoms with Crippen molar-refractivity contribution in [2.75, 3.05) is 5.75 Å². The van der Waals surface area contributed by atoms with Crippen LogP contribution in [0.3, 0.4) is 0 Å². The van der Waals surface area contributed by atoms with Gasteiger partial charge in [0, 0.05) is 16.6 Å². The highest BCUT2D eigenvalue weighted by Crippen LogP contribution is 2.29. The summed E-state index contributed by atoms with van der Waals surface area (Å²) in [5.74, 6) is 1.10. The summed E-state index contributed by atoms with van der Waals surface area (Å²) in [4.78, 5) is 0. The van der Waals surface area contributed by atoms with Crippen molar-refractivity contribution in [3.8, 4) is 5.69 Å². The van der Waals surface area contributed by atoms with E-state index in [2.05, 4.69) is 15.5 Å². The lowest BCUT2D eigenvalue weighted by Crippen LogP contribution is -2.09. The highest BCUT2D eigenvalue weighted by molar-refractivity contribution is 7.84. The van der Waals surface area contributed by atoms with Crippen LogP contribution in [0.4, 0.5) is 13.2 Å². The average molecular weight is 332 g/mol. The first-order valence-corrected chi connectivity index (χ1v) is 8.20. The van der Waals surface area contributed by atoms with E-state index >= 15 is 0 Å². The molecule has 1 aromatic heterocycles. The number of tetrazole rings is 1. The molecule has 0 amide bonds. The van der Waals surface area contributed by atoms with Gasteiger partial charge in [-0.3, -0.25) is 4.21 Å². The Bertz CT molecular complexity index is 639. The molecule has 9 heteroatoms. The van der Waals surface area contributed by atoms with Gasteiger partial charge in [-0.15, -0.1) is 5.10 Å². The maximum absolute atomic E-state index is 12.5. The van der Waals surface area contributed by atoms with Crippen molar-refractivity contribution in [1.82, 2.24) is 20.2 Å². The summed E-state index contributed by atoms with van der Waals surface area (Å²) in [5.41, 5.74) is -0.335. The third kappa shape index (κ3) is 4.12. The van der Waals surface area contributed by atoms with Gasteiger partial charge in [0.05, 0.1) is 17.0 Å². The van der Waals surface area contributed by atoms with Gasteiger partial charge in [-0.25, -0.2) is 0 Å². The van der Waals surface area contributed by atoms with Crippen LogP contribution in [0.25, 0.3) is 5.69 Å². The summed E-state index contributed by atoms with van der Waals surface area (Å²) in [6.45, 7) is 2.00. The average Bonchev–Trinajstić information content (AvgIpc) is 2.92. The van der Waals surface area contributed by atoms with E-state index in [4.69, 9.17) is 0 Å². The first-order valence-electron chi connectivity index (χ1n) is 6.71. The van der Waals surface area contributed by atoms with Gasteiger partial charge in [-0.2, -0.15) is 17.9 Å². The molecule has 0 aliphatic carbocycles. The smallest absolute Gasteiger partial charge is 0.259 e. The van der Waals surface area contributed by atoms with Gasteiger partial charge >= 0.3 is 6.18 Å². The second kappa shape index (κ2) is 6.99. The fourth-order valence-corrected chi connectivity index (χ4v) is 3.03. The summed E-state index contributed by atoms with van der Waals surface area (Å²) in [7, 11) is -1.10. The molecule has 0 radical (unpaired) electrons. The van der Waals surface area contributed by atoms with E-state index in [9.17, 15) is 17.4 Å². The number of halogens is 3. The van der Waals surface area contributed by atoms with Crippen molar-refractivity contribution < 1.29 is 17.4 Å². The number of hydrogen-bond acceptors (Lipinski definition) is 4. The molecule has 0 aliphatic heterocycles. The molecule has 0 unspecified atom stereocenters. The molecule has 0 fully saturated rings.